The first kappa shape index (κ1) is 34.7. The number of rotatable bonds is 4. The zero-order valence-corrected chi connectivity index (χ0v) is 31.8. The molecule has 0 bridgehead atoms. The zero-order valence-electron chi connectivity index (χ0n) is 31.8. The van der Waals surface area contributed by atoms with E-state index in [1.54, 1.807) is 0 Å². The quantitative estimate of drug-likeness (QED) is 0.157. The van der Waals surface area contributed by atoms with Crippen LogP contribution in [0, 0.1) is 0 Å². The second-order valence-electron chi connectivity index (χ2n) is 15.6. The minimum atomic E-state index is 0. The minimum absolute atomic E-state index is 0. The first-order valence-electron chi connectivity index (χ1n) is 20.2. The van der Waals surface area contributed by atoms with E-state index >= 15 is 0 Å². The second kappa shape index (κ2) is 13.8. The summed E-state index contributed by atoms with van der Waals surface area (Å²) in [6.45, 7) is 0. The molecule has 0 amide bonds. The summed E-state index contributed by atoms with van der Waals surface area (Å²) in [6.07, 6.45) is 0. The van der Waals surface area contributed by atoms with Gasteiger partial charge < -0.3 is 0 Å². The lowest BCUT2D eigenvalue weighted by Gasteiger charge is -2.25. The molecule has 0 aliphatic rings. The van der Waals surface area contributed by atoms with Crippen LogP contribution in [0.15, 0.2) is 218 Å². The standard InChI is InChI=1S/C58H36.CH4/c1-5-17-41-33-45(29-25-37(41)13-1)53-49-21-9-10-22-50(49)55(47-31-27-39-15-3-7-19-43(39)35-47)58-56(48-32-28-40-16-4-8-20-44(40)36-48)52-24-12-11-23-51(52)54(57(53)58)46-30-26-38-14-2-6-18-42(38)34-46;/h1-36H;1H4. The molecule has 0 N–H and O–H groups in total. The van der Waals surface area contributed by atoms with Crippen molar-refractivity contribution in [3.63, 3.8) is 0 Å². The van der Waals surface area contributed by atoms with E-state index in [0.29, 0.717) is 0 Å². The number of hydrogen-bond donors (Lipinski definition) is 0. The van der Waals surface area contributed by atoms with E-state index in [4.69, 9.17) is 0 Å². The Morgan fingerprint density at radius 2 is 0.390 bits per heavy atom. The van der Waals surface area contributed by atoms with E-state index in [0.717, 1.165) is 0 Å². The molecular formula is C59H40. The molecule has 276 valence electrons. The van der Waals surface area contributed by atoms with Crippen molar-refractivity contribution in [1.82, 2.24) is 0 Å². The van der Waals surface area contributed by atoms with E-state index in [9.17, 15) is 0 Å². The van der Waals surface area contributed by atoms with Gasteiger partial charge in [0.1, 0.15) is 0 Å². The molecule has 0 saturated carbocycles. The van der Waals surface area contributed by atoms with Crippen LogP contribution >= 0.6 is 0 Å². The van der Waals surface area contributed by atoms with Crippen molar-refractivity contribution in [2.24, 2.45) is 0 Å². The van der Waals surface area contributed by atoms with Crippen LogP contribution in [-0.4, -0.2) is 0 Å². The molecule has 59 heavy (non-hydrogen) atoms. The topological polar surface area (TPSA) is 0 Å². The van der Waals surface area contributed by atoms with Gasteiger partial charge in [0, 0.05) is 0 Å². The Morgan fingerprint density at radius 3 is 0.627 bits per heavy atom. The van der Waals surface area contributed by atoms with Crippen molar-refractivity contribution in [1.29, 1.82) is 0 Å². The van der Waals surface area contributed by atoms with Crippen LogP contribution in [0.25, 0.3) is 120 Å². The van der Waals surface area contributed by atoms with E-state index < -0.39 is 0 Å². The number of fused-ring (bicyclic) bond motifs is 7. The molecule has 0 aliphatic heterocycles. The molecule has 0 atom stereocenters. The van der Waals surface area contributed by atoms with Crippen LogP contribution in [0.5, 0.6) is 0 Å². The third kappa shape index (κ3) is 5.52. The average molecular weight is 749 g/mol. The van der Waals surface area contributed by atoms with Gasteiger partial charge in [-0.15, -0.1) is 0 Å². The Morgan fingerprint density at radius 1 is 0.186 bits per heavy atom. The molecule has 0 nitrogen and oxygen atoms in total. The first-order chi connectivity index (χ1) is 28.8. The monoisotopic (exact) mass is 748 g/mol. The fourth-order valence-electron chi connectivity index (χ4n) is 9.71. The third-order valence-electron chi connectivity index (χ3n) is 12.3. The summed E-state index contributed by atoms with van der Waals surface area (Å²) >= 11 is 0. The van der Waals surface area contributed by atoms with Crippen molar-refractivity contribution in [3.05, 3.63) is 218 Å². The normalized spacial score (nSPS) is 11.6. The van der Waals surface area contributed by atoms with Crippen LogP contribution in [0.1, 0.15) is 7.43 Å². The lowest BCUT2D eigenvalue weighted by molar-refractivity contribution is 1.66. The van der Waals surface area contributed by atoms with Crippen molar-refractivity contribution in [3.8, 4) is 44.5 Å². The van der Waals surface area contributed by atoms with Crippen LogP contribution in [0.3, 0.4) is 0 Å². The van der Waals surface area contributed by atoms with Crippen LogP contribution < -0.4 is 0 Å². The first-order valence-corrected chi connectivity index (χ1v) is 20.2. The van der Waals surface area contributed by atoms with Gasteiger partial charge >= 0.3 is 0 Å². The van der Waals surface area contributed by atoms with Crippen molar-refractivity contribution < 1.29 is 0 Å². The highest BCUT2D eigenvalue weighted by atomic mass is 14.3. The van der Waals surface area contributed by atoms with Gasteiger partial charge in [-0.3, -0.25) is 0 Å². The molecule has 12 aromatic rings. The Kier molecular flexibility index (Phi) is 8.13. The van der Waals surface area contributed by atoms with Crippen molar-refractivity contribution >= 4 is 75.4 Å². The molecule has 0 saturated heterocycles. The summed E-state index contributed by atoms with van der Waals surface area (Å²) in [6, 6.07) is 81.3. The summed E-state index contributed by atoms with van der Waals surface area (Å²) in [5.74, 6) is 0. The largest absolute Gasteiger partial charge is 0.0776 e. The molecule has 0 unspecified atom stereocenters. The van der Waals surface area contributed by atoms with E-state index in [2.05, 4.69) is 218 Å². The average Bonchev–Trinajstić information content (AvgIpc) is 3.29. The molecule has 12 rings (SSSR count). The predicted octanol–water partition coefficient (Wildman–Crippen LogP) is 17.1. The molecule has 0 aliphatic carbocycles. The molecule has 0 aromatic heterocycles. The smallest absolute Gasteiger partial charge is 0.000138 e. The van der Waals surface area contributed by atoms with E-state index in [1.807, 2.05) is 0 Å². The SMILES string of the molecule is C.c1ccc2cc(-c3c4ccccc4c(-c4ccc5ccccc5c4)c4c(-c5ccc6ccccc6c5)c5ccccc5c(-c5ccc6ccccc6c5)c34)ccc2c1. The lowest BCUT2D eigenvalue weighted by atomic mass is 9.77. The highest BCUT2D eigenvalue weighted by molar-refractivity contribution is 6.34. The lowest BCUT2D eigenvalue weighted by Crippen LogP contribution is -1.98. The molecule has 0 heteroatoms. The summed E-state index contributed by atoms with van der Waals surface area (Å²) in [7, 11) is 0. The Balaban J connectivity index is 0.00000397. The maximum atomic E-state index is 2.40. The van der Waals surface area contributed by atoms with Gasteiger partial charge in [0.15, 0.2) is 0 Å². The molecule has 0 radical (unpaired) electrons. The molecule has 0 fully saturated rings. The molecule has 0 heterocycles. The molecule has 12 aromatic carbocycles. The van der Waals surface area contributed by atoms with Gasteiger partial charge in [-0.25, -0.2) is 0 Å². The van der Waals surface area contributed by atoms with E-state index in [1.165, 1.54) is 120 Å². The molecular weight excluding hydrogens is 709 g/mol. The predicted molar refractivity (Wildman–Crippen MR) is 257 cm³/mol. The fraction of sp³-hybridized carbons (Fsp3) is 0.0169. The zero-order chi connectivity index (χ0) is 38.2. The number of benzene rings is 12. The second-order valence-corrected chi connectivity index (χ2v) is 15.6. The fourth-order valence-corrected chi connectivity index (χ4v) is 9.71. The maximum Gasteiger partial charge on any atom is -0.000138 e. The van der Waals surface area contributed by atoms with Gasteiger partial charge in [-0.2, -0.15) is 0 Å². The highest BCUT2D eigenvalue weighted by Crippen LogP contribution is 2.54. The summed E-state index contributed by atoms with van der Waals surface area (Å²) in [5, 5.41) is 17.4. The van der Waals surface area contributed by atoms with Crippen molar-refractivity contribution in [2.75, 3.05) is 0 Å². The van der Waals surface area contributed by atoms with Crippen molar-refractivity contribution in [2.45, 2.75) is 7.43 Å². The summed E-state index contributed by atoms with van der Waals surface area (Å²) in [5.41, 5.74) is 9.90. The Labute approximate surface area is 344 Å². The molecule has 0 spiro atoms. The Bertz CT molecular complexity index is 3150. The third-order valence-corrected chi connectivity index (χ3v) is 12.3. The van der Waals surface area contributed by atoms with Gasteiger partial charge in [0.05, 0.1) is 0 Å². The van der Waals surface area contributed by atoms with Gasteiger partial charge in [0.2, 0.25) is 0 Å². The van der Waals surface area contributed by atoms with Crippen LogP contribution in [-0.2, 0) is 0 Å². The van der Waals surface area contributed by atoms with Gasteiger partial charge in [-0.1, -0.05) is 202 Å². The minimum Gasteiger partial charge on any atom is -0.0776 e. The van der Waals surface area contributed by atoms with Crippen LogP contribution in [0.4, 0.5) is 0 Å². The van der Waals surface area contributed by atoms with Gasteiger partial charge in [-0.05, 0) is 144 Å². The van der Waals surface area contributed by atoms with Gasteiger partial charge in [0.25, 0.3) is 0 Å². The van der Waals surface area contributed by atoms with E-state index in [-0.39, 0.29) is 7.43 Å². The Hall–Kier alpha value is -7.54. The summed E-state index contributed by atoms with van der Waals surface area (Å²) < 4.78 is 0. The van der Waals surface area contributed by atoms with Crippen LogP contribution in [0.2, 0.25) is 0 Å². The summed E-state index contributed by atoms with van der Waals surface area (Å²) in [4.78, 5) is 0. The highest BCUT2D eigenvalue weighted by Gasteiger charge is 2.26. The maximum absolute atomic E-state index is 2.40. The number of hydrogen-bond acceptors (Lipinski definition) is 0.